The summed E-state index contributed by atoms with van der Waals surface area (Å²) < 4.78 is 7.59. The number of halogens is 1. The fourth-order valence-electron chi connectivity index (χ4n) is 3.82. The maximum Gasteiger partial charge on any atom is 0.255 e. The minimum atomic E-state index is -0.221. The van der Waals surface area contributed by atoms with Crippen LogP contribution in [0.2, 0.25) is 5.02 Å². The Bertz CT molecular complexity index is 1400. The molecule has 7 nitrogen and oxygen atoms in total. The summed E-state index contributed by atoms with van der Waals surface area (Å²) in [5, 5.41) is 10.8. The molecule has 0 aliphatic rings. The molecule has 0 spiro atoms. The minimum absolute atomic E-state index is 0.139. The maximum absolute atomic E-state index is 12.9. The molecule has 184 valence electrons. The molecular weight excluding hydrogens is 476 g/mol. The molecule has 36 heavy (non-hydrogen) atoms. The van der Waals surface area contributed by atoms with Crippen molar-refractivity contribution >= 4 is 29.1 Å². The Morgan fingerprint density at radius 3 is 2.39 bits per heavy atom. The van der Waals surface area contributed by atoms with Gasteiger partial charge >= 0.3 is 0 Å². The first-order valence-corrected chi connectivity index (χ1v) is 11.9. The minimum Gasteiger partial charge on any atom is -0.487 e. The van der Waals surface area contributed by atoms with Crippen LogP contribution in [0, 0.1) is 13.8 Å². The van der Waals surface area contributed by atoms with E-state index < -0.39 is 0 Å². The standard InChI is InChI=1S/C28H27ClN4O3/c1-18-26(19(2)33(32-18)16-21-7-6-8-23(15-21)27(34)30-3)31-28(35)22-13-11-20(12-14-22)17-36-25-10-5-4-9-24(25)29/h4-15H,16-17H2,1-3H3,(H,30,34)(H,31,35). The van der Waals surface area contributed by atoms with Crippen molar-refractivity contribution in [1.29, 1.82) is 0 Å². The lowest BCUT2D eigenvalue weighted by molar-refractivity contribution is 0.0962. The third kappa shape index (κ3) is 5.75. The Kier molecular flexibility index (Phi) is 7.71. The van der Waals surface area contributed by atoms with Crippen molar-refractivity contribution in [2.24, 2.45) is 0 Å². The third-order valence-corrected chi connectivity index (χ3v) is 6.13. The number of rotatable bonds is 8. The number of hydrogen-bond donors (Lipinski definition) is 2. The summed E-state index contributed by atoms with van der Waals surface area (Å²) in [7, 11) is 1.60. The van der Waals surface area contributed by atoms with Gasteiger partial charge in [-0.15, -0.1) is 0 Å². The van der Waals surface area contributed by atoms with Crippen LogP contribution in [0.1, 0.15) is 43.2 Å². The molecule has 0 bridgehead atoms. The van der Waals surface area contributed by atoms with Crippen LogP contribution in [0.25, 0.3) is 0 Å². The van der Waals surface area contributed by atoms with Gasteiger partial charge < -0.3 is 15.4 Å². The van der Waals surface area contributed by atoms with Crippen LogP contribution in [-0.4, -0.2) is 28.6 Å². The molecule has 4 aromatic rings. The van der Waals surface area contributed by atoms with Gasteiger partial charge in [-0.25, -0.2) is 0 Å². The number of benzene rings is 3. The zero-order valence-electron chi connectivity index (χ0n) is 20.3. The summed E-state index contributed by atoms with van der Waals surface area (Å²) in [6, 6.07) is 21.9. The fourth-order valence-corrected chi connectivity index (χ4v) is 4.01. The number of nitrogens with one attached hydrogen (secondary N) is 2. The summed E-state index contributed by atoms with van der Waals surface area (Å²) in [4.78, 5) is 24.9. The molecule has 1 aromatic heterocycles. The predicted molar refractivity (Wildman–Crippen MR) is 141 cm³/mol. The quantitative estimate of drug-likeness (QED) is 0.338. The molecule has 8 heteroatoms. The molecule has 3 aromatic carbocycles. The van der Waals surface area contributed by atoms with E-state index in [1.807, 2.05) is 67.1 Å². The van der Waals surface area contributed by atoms with Gasteiger partial charge in [-0.05, 0) is 61.4 Å². The van der Waals surface area contributed by atoms with Crippen molar-refractivity contribution in [2.45, 2.75) is 27.0 Å². The van der Waals surface area contributed by atoms with E-state index in [4.69, 9.17) is 16.3 Å². The molecule has 2 N–H and O–H groups in total. The van der Waals surface area contributed by atoms with E-state index in [2.05, 4.69) is 15.7 Å². The van der Waals surface area contributed by atoms with Crippen molar-refractivity contribution in [1.82, 2.24) is 15.1 Å². The first-order valence-electron chi connectivity index (χ1n) is 11.5. The predicted octanol–water partition coefficient (Wildman–Crippen LogP) is 5.39. The second-order valence-corrected chi connectivity index (χ2v) is 8.76. The molecule has 0 saturated carbocycles. The lowest BCUT2D eigenvalue weighted by atomic mass is 10.1. The SMILES string of the molecule is CNC(=O)c1cccc(Cn2nc(C)c(NC(=O)c3ccc(COc4ccccc4Cl)cc3)c2C)c1. The molecule has 0 radical (unpaired) electrons. The van der Waals surface area contributed by atoms with Gasteiger partial charge in [0.1, 0.15) is 12.4 Å². The van der Waals surface area contributed by atoms with E-state index in [1.165, 1.54) is 0 Å². The van der Waals surface area contributed by atoms with Gasteiger partial charge in [-0.3, -0.25) is 14.3 Å². The maximum atomic E-state index is 12.9. The number of carbonyl (C=O) groups is 2. The fraction of sp³-hybridized carbons (Fsp3) is 0.179. The molecule has 0 aliphatic carbocycles. The molecular formula is C28H27ClN4O3. The summed E-state index contributed by atoms with van der Waals surface area (Å²) in [5.41, 5.74) is 5.20. The van der Waals surface area contributed by atoms with Gasteiger partial charge in [0.15, 0.2) is 0 Å². The topological polar surface area (TPSA) is 85.3 Å². The second kappa shape index (κ2) is 11.1. The van der Waals surface area contributed by atoms with Crippen molar-refractivity contribution in [3.63, 3.8) is 0 Å². The van der Waals surface area contributed by atoms with E-state index in [9.17, 15) is 9.59 Å². The third-order valence-electron chi connectivity index (χ3n) is 5.82. The monoisotopic (exact) mass is 502 g/mol. The Hall–Kier alpha value is -4.10. The van der Waals surface area contributed by atoms with Gasteiger partial charge in [-0.1, -0.05) is 48.0 Å². The molecule has 0 fully saturated rings. The lowest BCUT2D eigenvalue weighted by Crippen LogP contribution is -2.18. The average molecular weight is 503 g/mol. The van der Waals surface area contributed by atoms with Crippen LogP contribution in [0.3, 0.4) is 0 Å². The molecule has 1 heterocycles. The van der Waals surface area contributed by atoms with Gasteiger partial charge in [-0.2, -0.15) is 5.10 Å². The second-order valence-electron chi connectivity index (χ2n) is 8.35. The highest BCUT2D eigenvalue weighted by Crippen LogP contribution is 2.25. The zero-order chi connectivity index (χ0) is 25.7. The van der Waals surface area contributed by atoms with Crippen molar-refractivity contribution in [3.05, 3.63) is 111 Å². The smallest absolute Gasteiger partial charge is 0.255 e. The molecule has 4 rings (SSSR count). The number of anilines is 1. The largest absolute Gasteiger partial charge is 0.487 e. The van der Waals surface area contributed by atoms with Crippen LogP contribution < -0.4 is 15.4 Å². The first-order chi connectivity index (χ1) is 17.4. The summed E-state index contributed by atoms with van der Waals surface area (Å²) >= 11 is 6.13. The van der Waals surface area contributed by atoms with Gasteiger partial charge in [0.2, 0.25) is 0 Å². The highest BCUT2D eigenvalue weighted by molar-refractivity contribution is 6.32. The van der Waals surface area contributed by atoms with Gasteiger partial charge in [0.05, 0.1) is 28.6 Å². The van der Waals surface area contributed by atoms with Crippen LogP contribution >= 0.6 is 11.6 Å². The molecule has 2 amide bonds. The highest BCUT2D eigenvalue weighted by Gasteiger charge is 2.16. The van der Waals surface area contributed by atoms with E-state index in [0.717, 1.165) is 16.8 Å². The van der Waals surface area contributed by atoms with Crippen molar-refractivity contribution < 1.29 is 14.3 Å². The number of aryl methyl sites for hydroxylation is 1. The van der Waals surface area contributed by atoms with Gasteiger partial charge in [0, 0.05) is 18.2 Å². The Morgan fingerprint density at radius 1 is 0.917 bits per heavy atom. The number of ether oxygens (including phenoxy) is 1. The van der Waals surface area contributed by atoms with Crippen molar-refractivity contribution in [2.75, 3.05) is 12.4 Å². The van der Waals surface area contributed by atoms with Crippen LogP contribution in [0.5, 0.6) is 5.75 Å². The Balaban J connectivity index is 1.42. The van der Waals surface area contributed by atoms with Crippen LogP contribution in [0.15, 0.2) is 72.8 Å². The summed E-state index contributed by atoms with van der Waals surface area (Å²) in [6.07, 6.45) is 0. The summed E-state index contributed by atoms with van der Waals surface area (Å²) in [6.45, 7) is 4.59. The Labute approximate surface area is 215 Å². The zero-order valence-corrected chi connectivity index (χ0v) is 21.1. The lowest BCUT2D eigenvalue weighted by Gasteiger charge is -2.10. The number of amides is 2. The Morgan fingerprint density at radius 2 is 1.67 bits per heavy atom. The normalized spacial score (nSPS) is 10.7. The average Bonchev–Trinajstić information content (AvgIpc) is 3.15. The molecule has 0 unspecified atom stereocenters. The van der Waals surface area contributed by atoms with Crippen LogP contribution in [-0.2, 0) is 13.2 Å². The number of nitrogens with zero attached hydrogens (tertiary/aromatic N) is 2. The van der Waals surface area contributed by atoms with E-state index >= 15 is 0 Å². The number of para-hydroxylation sites is 1. The number of hydrogen-bond acceptors (Lipinski definition) is 4. The summed E-state index contributed by atoms with van der Waals surface area (Å²) in [5.74, 6) is 0.254. The van der Waals surface area contributed by atoms with E-state index in [1.54, 1.807) is 31.3 Å². The van der Waals surface area contributed by atoms with Crippen molar-refractivity contribution in [3.8, 4) is 5.75 Å². The van der Waals surface area contributed by atoms with Crippen LogP contribution in [0.4, 0.5) is 5.69 Å². The van der Waals surface area contributed by atoms with E-state index in [-0.39, 0.29) is 11.8 Å². The molecule has 0 saturated heterocycles. The van der Waals surface area contributed by atoms with E-state index in [0.29, 0.717) is 46.4 Å². The highest BCUT2D eigenvalue weighted by atomic mass is 35.5. The number of carbonyl (C=O) groups excluding carboxylic acids is 2. The first kappa shape index (κ1) is 25.0. The number of aromatic nitrogens is 2. The van der Waals surface area contributed by atoms with Gasteiger partial charge in [0.25, 0.3) is 11.8 Å². The molecule has 0 atom stereocenters. The molecule has 0 aliphatic heterocycles.